The predicted molar refractivity (Wildman–Crippen MR) is 65.5 cm³/mol. The number of hydrogen-bond donors (Lipinski definition) is 1. The molecule has 0 amide bonds. The molecule has 0 bridgehead atoms. The highest BCUT2D eigenvalue weighted by atomic mass is 35.5. The molecule has 3 nitrogen and oxygen atoms in total. The SMILES string of the molecule is CSc1cc2ncc(C(=O)O)c(Cl)c2cc1F. The lowest BCUT2D eigenvalue weighted by Gasteiger charge is -2.06. The summed E-state index contributed by atoms with van der Waals surface area (Å²) in [5, 5.41) is 9.19. The van der Waals surface area contributed by atoms with Crippen LogP contribution in [0.2, 0.25) is 5.02 Å². The monoisotopic (exact) mass is 271 g/mol. The zero-order valence-electron chi connectivity index (χ0n) is 8.70. The molecule has 0 spiro atoms. The second-order valence-corrected chi connectivity index (χ2v) is 4.52. The van der Waals surface area contributed by atoms with E-state index in [-0.39, 0.29) is 10.6 Å². The molecular weight excluding hydrogens is 265 g/mol. The van der Waals surface area contributed by atoms with Gasteiger partial charge in [0, 0.05) is 16.5 Å². The zero-order chi connectivity index (χ0) is 12.6. The Bertz CT molecular complexity index is 618. The van der Waals surface area contributed by atoms with Crippen molar-refractivity contribution in [3.8, 4) is 0 Å². The lowest BCUT2D eigenvalue weighted by atomic mass is 10.1. The Morgan fingerprint density at radius 3 is 2.82 bits per heavy atom. The summed E-state index contributed by atoms with van der Waals surface area (Å²) in [5.74, 6) is -1.62. The molecule has 0 unspecified atom stereocenters. The Labute approximate surface area is 106 Å². The van der Waals surface area contributed by atoms with E-state index in [0.29, 0.717) is 15.8 Å². The van der Waals surface area contributed by atoms with Crippen LogP contribution in [0.15, 0.2) is 23.2 Å². The van der Waals surface area contributed by atoms with Gasteiger partial charge in [0.25, 0.3) is 0 Å². The van der Waals surface area contributed by atoms with E-state index in [9.17, 15) is 9.18 Å². The van der Waals surface area contributed by atoms with Crippen molar-refractivity contribution in [1.82, 2.24) is 4.98 Å². The van der Waals surface area contributed by atoms with Crippen LogP contribution in [0, 0.1) is 5.82 Å². The maximum Gasteiger partial charge on any atom is 0.338 e. The number of rotatable bonds is 2. The number of thioether (sulfide) groups is 1. The number of aromatic carboxylic acids is 1. The number of benzene rings is 1. The first kappa shape index (κ1) is 12.1. The van der Waals surface area contributed by atoms with Crippen LogP contribution >= 0.6 is 23.4 Å². The molecule has 0 saturated heterocycles. The van der Waals surface area contributed by atoms with Crippen molar-refractivity contribution in [2.45, 2.75) is 4.90 Å². The third-order valence-corrected chi connectivity index (χ3v) is 3.47. The van der Waals surface area contributed by atoms with Crippen molar-refractivity contribution in [2.75, 3.05) is 6.26 Å². The van der Waals surface area contributed by atoms with Gasteiger partial charge < -0.3 is 5.11 Å². The van der Waals surface area contributed by atoms with Crippen molar-refractivity contribution in [2.24, 2.45) is 0 Å². The number of carboxylic acids is 1. The molecular formula is C11H7ClFNO2S. The number of fused-ring (bicyclic) bond motifs is 1. The van der Waals surface area contributed by atoms with Crippen molar-refractivity contribution in [1.29, 1.82) is 0 Å². The van der Waals surface area contributed by atoms with E-state index < -0.39 is 11.8 Å². The normalized spacial score (nSPS) is 10.8. The van der Waals surface area contributed by atoms with Crippen LogP contribution in [0.5, 0.6) is 0 Å². The Kier molecular flexibility index (Phi) is 3.22. The quantitative estimate of drug-likeness (QED) is 0.850. The van der Waals surface area contributed by atoms with Crippen molar-refractivity contribution >= 4 is 40.2 Å². The van der Waals surface area contributed by atoms with E-state index >= 15 is 0 Å². The number of halogens is 2. The largest absolute Gasteiger partial charge is 0.478 e. The van der Waals surface area contributed by atoms with Gasteiger partial charge in [-0.3, -0.25) is 4.98 Å². The molecule has 0 fully saturated rings. The number of hydrogen-bond acceptors (Lipinski definition) is 3. The summed E-state index contributed by atoms with van der Waals surface area (Å²) in [5.41, 5.74) is 0.348. The van der Waals surface area contributed by atoms with Crippen LogP contribution in [-0.4, -0.2) is 22.3 Å². The minimum atomic E-state index is -1.18. The van der Waals surface area contributed by atoms with Gasteiger partial charge in [0.2, 0.25) is 0 Å². The van der Waals surface area contributed by atoms with Crippen LogP contribution in [0.3, 0.4) is 0 Å². The van der Waals surface area contributed by atoms with Gasteiger partial charge in [0.15, 0.2) is 0 Å². The van der Waals surface area contributed by atoms with E-state index in [1.807, 2.05) is 0 Å². The number of carbonyl (C=O) groups is 1. The molecule has 0 aliphatic carbocycles. The summed E-state index contributed by atoms with van der Waals surface area (Å²) in [6.07, 6.45) is 2.92. The number of aromatic nitrogens is 1. The van der Waals surface area contributed by atoms with Gasteiger partial charge in [-0.1, -0.05) is 11.6 Å². The second kappa shape index (κ2) is 4.50. The first-order valence-electron chi connectivity index (χ1n) is 4.59. The molecule has 2 aromatic rings. The molecule has 1 aromatic carbocycles. The van der Waals surface area contributed by atoms with E-state index in [2.05, 4.69) is 4.98 Å². The van der Waals surface area contributed by atoms with E-state index in [0.717, 1.165) is 0 Å². The fourth-order valence-electron chi connectivity index (χ4n) is 1.47. The fraction of sp³-hybridized carbons (Fsp3) is 0.0909. The van der Waals surface area contributed by atoms with E-state index in [1.54, 1.807) is 12.3 Å². The number of carboxylic acid groups (broad SMARTS) is 1. The van der Waals surface area contributed by atoms with Gasteiger partial charge in [-0.2, -0.15) is 0 Å². The highest BCUT2D eigenvalue weighted by molar-refractivity contribution is 7.98. The van der Waals surface area contributed by atoms with Crippen LogP contribution in [-0.2, 0) is 0 Å². The second-order valence-electron chi connectivity index (χ2n) is 3.29. The van der Waals surface area contributed by atoms with E-state index in [1.165, 1.54) is 24.0 Å². The predicted octanol–water partition coefficient (Wildman–Crippen LogP) is 3.45. The van der Waals surface area contributed by atoms with E-state index in [4.69, 9.17) is 16.7 Å². The first-order valence-corrected chi connectivity index (χ1v) is 6.20. The third-order valence-electron chi connectivity index (χ3n) is 2.31. The summed E-state index contributed by atoms with van der Waals surface area (Å²) >= 11 is 7.16. The smallest absolute Gasteiger partial charge is 0.338 e. The maximum absolute atomic E-state index is 13.6. The van der Waals surface area contributed by atoms with Crippen LogP contribution in [0.4, 0.5) is 4.39 Å². The fourth-order valence-corrected chi connectivity index (χ4v) is 2.23. The van der Waals surface area contributed by atoms with Gasteiger partial charge in [-0.05, 0) is 18.4 Å². The zero-order valence-corrected chi connectivity index (χ0v) is 10.3. The summed E-state index contributed by atoms with van der Waals surface area (Å²) < 4.78 is 13.6. The highest BCUT2D eigenvalue weighted by Gasteiger charge is 2.14. The Balaban J connectivity index is 2.78. The van der Waals surface area contributed by atoms with Crippen molar-refractivity contribution in [3.63, 3.8) is 0 Å². The Hall–Kier alpha value is -1.33. The molecule has 0 aliphatic heterocycles. The third kappa shape index (κ3) is 2.08. The van der Waals surface area contributed by atoms with Crippen molar-refractivity contribution < 1.29 is 14.3 Å². The molecule has 0 radical (unpaired) electrons. The van der Waals surface area contributed by atoms with Gasteiger partial charge in [-0.15, -0.1) is 11.8 Å². The Morgan fingerprint density at radius 2 is 2.24 bits per heavy atom. The summed E-state index contributed by atoms with van der Waals surface area (Å²) in [7, 11) is 0. The van der Waals surface area contributed by atoms with Crippen LogP contribution in [0.25, 0.3) is 10.9 Å². The maximum atomic E-state index is 13.6. The lowest BCUT2D eigenvalue weighted by molar-refractivity contribution is 0.0697. The number of pyridine rings is 1. The molecule has 1 N–H and O–H groups in total. The minimum absolute atomic E-state index is 0.00838. The van der Waals surface area contributed by atoms with Gasteiger partial charge in [0.1, 0.15) is 5.82 Å². The van der Waals surface area contributed by atoms with Crippen LogP contribution in [0.1, 0.15) is 10.4 Å². The molecule has 6 heteroatoms. The molecule has 2 rings (SSSR count). The van der Waals surface area contributed by atoms with Gasteiger partial charge in [-0.25, -0.2) is 9.18 Å². The molecule has 0 aliphatic rings. The number of nitrogens with zero attached hydrogens (tertiary/aromatic N) is 1. The van der Waals surface area contributed by atoms with Crippen molar-refractivity contribution in [3.05, 3.63) is 34.7 Å². The van der Waals surface area contributed by atoms with Crippen LogP contribution < -0.4 is 0 Å². The molecule has 88 valence electrons. The standard InChI is InChI=1S/C11H7ClFNO2S/c1-17-9-3-8-5(2-7(9)13)10(12)6(4-14-8)11(15)16/h2-4H,1H3,(H,15,16). The molecule has 0 atom stereocenters. The Morgan fingerprint density at radius 1 is 1.53 bits per heavy atom. The molecule has 0 saturated carbocycles. The van der Waals surface area contributed by atoms with Gasteiger partial charge >= 0.3 is 5.97 Å². The summed E-state index contributed by atoms with van der Waals surface area (Å²) in [4.78, 5) is 15.3. The summed E-state index contributed by atoms with van der Waals surface area (Å²) in [6.45, 7) is 0. The molecule has 1 aromatic heterocycles. The molecule has 17 heavy (non-hydrogen) atoms. The topological polar surface area (TPSA) is 50.2 Å². The first-order chi connectivity index (χ1) is 8.04. The average Bonchev–Trinajstić information content (AvgIpc) is 2.29. The average molecular weight is 272 g/mol. The highest BCUT2D eigenvalue weighted by Crippen LogP contribution is 2.30. The summed E-state index contributed by atoms with van der Waals surface area (Å²) in [6, 6.07) is 2.76. The lowest BCUT2D eigenvalue weighted by Crippen LogP contribution is -1.99. The minimum Gasteiger partial charge on any atom is -0.478 e. The molecule has 1 heterocycles. The van der Waals surface area contributed by atoms with Gasteiger partial charge in [0.05, 0.1) is 16.1 Å².